The Morgan fingerprint density at radius 1 is 1.35 bits per heavy atom. The number of aryl methyl sites for hydroxylation is 2. The van der Waals surface area contributed by atoms with Crippen molar-refractivity contribution in [1.29, 1.82) is 0 Å². The second-order valence-corrected chi connectivity index (χ2v) is 6.22. The first-order valence-electron chi connectivity index (χ1n) is 5.82. The van der Waals surface area contributed by atoms with Gasteiger partial charge in [0, 0.05) is 23.2 Å². The summed E-state index contributed by atoms with van der Waals surface area (Å²) in [5, 5.41) is 2.17. The number of hydrogen-bond acceptors (Lipinski definition) is 2. The first-order valence-corrected chi connectivity index (χ1v) is 7.62. The van der Waals surface area contributed by atoms with Crippen LogP contribution in [0.15, 0.2) is 29.8 Å². The average Bonchev–Trinajstić information content (AvgIpc) is 2.80. The van der Waals surface area contributed by atoms with E-state index in [0.29, 0.717) is 4.83 Å². The number of nitrogens with zero attached hydrogens (tertiary/aromatic N) is 1. The molecule has 0 N–H and O–H groups in total. The van der Waals surface area contributed by atoms with Crippen molar-refractivity contribution in [3.8, 4) is 0 Å². The second-order valence-electron chi connectivity index (χ2n) is 4.16. The number of alkyl halides is 1. The molecule has 0 aliphatic rings. The Labute approximate surface area is 115 Å². The first kappa shape index (κ1) is 12.8. The number of aromatic nitrogens is 1. The predicted octanol–water partition coefficient (Wildman–Crippen LogP) is 4.69. The van der Waals surface area contributed by atoms with Crippen LogP contribution in [0, 0.1) is 6.92 Å². The largest absolute Gasteiger partial charge is 0.261 e. The van der Waals surface area contributed by atoms with Crippen LogP contribution >= 0.6 is 27.3 Å². The molecule has 90 valence electrons. The lowest BCUT2D eigenvalue weighted by molar-refractivity contribution is 0.902. The Kier molecular flexibility index (Phi) is 4.35. The highest BCUT2D eigenvalue weighted by atomic mass is 79.9. The summed E-state index contributed by atoms with van der Waals surface area (Å²) < 4.78 is 0. The van der Waals surface area contributed by atoms with E-state index in [1.165, 1.54) is 16.0 Å². The van der Waals surface area contributed by atoms with Crippen molar-refractivity contribution in [2.75, 3.05) is 0 Å². The zero-order valence-corrected chi connectivity index (χ0v) is 12.5. The molecule has 2 aromatic heterocycles. The van der Waals surface area contributed by atoms with Crippen LogP contribution in [-0.4, -0.2) is 4.98 Å². The molecule has 0 amide bonds. The van der Waals surface area contributed by atoms with Gasteiger partial charge in [-0.05, 0) is 42.0 Å². The van der Waals surface area contributed by atoms with E-state index in [-0.39, 0.29) is 0 Å². The van der Waals surface area contributed by atoms with Gasteiger partial charge in [-0.15, -0.1) is 11.3 Å². The first-order chi connectivity index (χ1) is 8.20. The summed E-state index contributed by atoms with van der Waals surface area (Å²) >= 11 is 5.61. The van der Waals surface area contributed by atoms with Crippen LogP contribution in [0.25, 0.3) is 0 Å². The fourth-order valence-corrected chi connectivity index (χ4v) is 3.73. The molecule has 0 aliphatic carbocycles. The van der Waals surface area contributed by atoms with Gasteiger partial charge in [-0.2, -0.15) is 0 Å². The summed E-state index contributed by atoms with van der Waals surface area (Å²) in [6, 6.07) is 6.46. The number of pyridine rings is 1. The van der Waals surface area contributed by atoms with Crippen molar-refractivity contribution in [1.82, 2.24) is 4.98 Å². The van der Waals surface area contributed by atoms with Gasteiger partial charge in [0.15, 0.2) is 0 Å². The summed E-state index contributed by atoms with van der Waals surface area (Å²) in [6.07, 6.45) is 3.99. The van der Waals surface area contributed by atoms with Crippen LogP contribution in [0.1, 0.15) is 33.4 Å². The van der Waals surface area contributed by atoms with Gasteiger partial charge in [0.2, 0.25) is 0 Å². The Morgan fingerprint density at radius 2 is 2.18 bits per heavy atom. The molecule has 1 unspecified atom stereocenters. The van der Waals surface area contributed by atoms with Gasteiger partial charge >= 0.3 is 0 Å². The minimum absolute atomic E-state index is 0.382. The maximum absolute atomic E-state index is 4.46. The van der Waals surface area contributed by atoms with Crippen molar-refractivity contribution in [3.63, 3.8) is 0 Å². The van der Waals surface area contributed by atoms with E-state index in [1.807, 2.05) is 17.5 Å². The summed E-state index contributed by atoms with van der Waals surface area (Å²) in [5.41, 5.74) is 3.81. The van der Waals surface area contributed by atoms with Crippen molar-refractivity contribution in [3.05, 3.63) is 51.5 Å². The molecule has 17 heavy (non-hydrogen) atoms. The summed E-state index contributed by atoms with van der Waals surface area (Å²) in [6.45, 7) is 4.27. The van der Waals surface area contributed by atoms with Gasteiger partial charge in [0.05, 0.1) is 4.83 Å². The fourth-order valence-electron chi connectivity index (χ4n) is 1.81. The molecule has 0 radical (unpaired) electrons. The molecule has 1 nitrogen and oxygen atoms in total. The Hall–Kier alpha value is -0.670. The second kappa shape index (κ2) is 5.78. The van der Waals surface area contributed by atoms with Crippen molar-refractivity contribution in [2.24, 2.45) is 0 Å². The highest BCUT2D eigenvalue weighted by molar-refractivity contribution is 9.09. The Morgan fingerprint density at radius 3 is 2.82 bits per heavy atom. The molecule has 0 saturated carbocycles. The maximum Gasteiger partial charge on any atom is 0.0547 e. The highest BCUT2D eigenvalue weighted by Crippen LogP contribution is 2.33. The molecular formula is C14H16BrNS. The van der Waals surface area contributed by atoms with Crippen LogP contribution in [0.5, 0.6) is 0 Å². The minimum atomic E-state index is 0.382. The molecule has 2 heterocycles. The molecule has 2 rings (SSSR count). The summed E-state index contributed by atoms with van der Waals surface area (Å²) in [4.78, 5) is 6.28. The van der Waals surface area contributed by atoms with Crippen LogP contribution in [-0.2, 0) is 12.8 Å². The van der Waals surface area contributed by atoms with E-state index in [2.05, 4.69) is 58.3 Å². The van der Waals surface area contributed by atoms with Crippen molar-refractivity contribution in [2.45, 2.75) is 31.5 Å². The van der Waals surface area contributed by atoms with Crippen molar-refractivity contribution >= 4 is 27.3 Å². The lowest BCUT2D eigenvalue weighted by atomic mass is 10.1. The molecule has 1 atom stereocenters. The van der Waals surface area contributed by atoms with Gasteiger partial charge in [0.1, 0.15) is 0 Å². The average molecular weight is 310 g/mol. The topological polar surface area (TPSA) is 12.9 Å². The smallest absolute Gasteiger partial charge is 0.0547 e. The van der Waals surface area contributed by atoms with E-state index in [9.17, 15) is 0 Å². The third kappa shape index (κ3) is 3.17. The standard InChI is InChI=1S/C14H16BrNS/c1-3-11-6-7-17-14(11)13(15)8-12-5-4-10(2)9-16-12/h4-7,9,13H,3,8H2,1-2H3. The highest BCUT2D eigenvalue weighted by Gasteiger charge is 2.14. The lowest BCUT2D eigenvalue weighted by Crippen LogP contribution is -1.98. The van der Waals surface area contributed by atoms with E-state index in [0.717, 1.165) is 18.5 Å². The third-order valence-electron chi connectivity index (χ3n) is 2.81. The molecule has 0 aromatic carbocycles. The predicted molar refractivity (Wildman–Crippen MR) is 78.0 cm³/mol. The number of rotatable bonds is 4. The minimum Gasteiger partial charge on any atom is -0.261 e. The van der Waals surface area contributed by atoms with Crippen molar-refractivity contribution < 1.29 is 0 Å². The number of hydrogen-bond donors (Lipinski definition) is 0. The van der Waals surface area contributed by atoms with Crippen LogP contribution in [0.3, 0.4) is 0 Å². The third-order valence-corrected chi connectivity index (χ3v) is 4.96. The molecule has 0 aliphatic heterocycles. The van der Waals surface area contributed by atoms with E-state index < -0.39 is 0 Å². The molecule has 0 saturated heterocycles. The van der Waals surface area contributed by atoms with Gasteiger partial charge in [-0.3, -0.25) is 4.98 Å². The Bertz CT molecular complexity index is 475. The number of thiophene rings is 1. The molecule has 2 aromatic rings. The van der Waals surface area contributed by atoms with Crippen LogP contribution < -0.4 is 0 Å². The van der Waals surface area contributed by atoms with Gasteiger partial charge < -0.3 is 0 Å². The van der Waals surface area contributed by atoms with Gasteiger partial charge in [-0.25, -0.2) is 0 Å². The lowest BCUT2D eigenvalue weighted by Gasteiger charge is -2.09. The fraction of sp³-hybridized carbons (Fsp3) is 0.357. The van der Waals surface area contributed by atoms with E-state index in [4.69, 9.17) is 0 Å². The maximum atomic E-state index is 4.46. The summed E-state index contributed by atoms with van der Waals surface area (Å²) in [5.74, 6) is 0. The number of halogens is 1. The van der Waals surface area contributed by atoms with E-state index in [1.54, 1.807) is 0 Å². The summed E-state index contributed by atoms with van der Waals surface area (Å²) in [7, 11) is 0. The molecule has 3 heteroatoms. The van der Waals surface area contributed by atoms with Crippen LogP contribution in [0.4, 0.5) is 0 Å². The molecule has 0 fully saturated rings. The molecular weight excluding hydrogens is 294 g/mol. The Balaban J connectivity index is 2.11. The van der Waals surface area contributed by atoms with E-state index >= 15 is 0 Å². The zero-order chi connectivity index (χ0) is 12.3. The monoisotopic (exact) mass is 309 g/mol. The zero-order valence-electron chi connectivity index (χ0n) is 10.1. The molecule has 0 spiro atoms. The quantitative estimate of drug-likeness (QED) is 0.746. The van der Waals surface area contributed by atoms with Gasteiger partial charge in [0.25, 0.3) is 0 Å². The van der Waals surface area contributed by atoms with Gasteiger partial charge in [-0.1, -0.05) is 28.9 Å². The van der Waals surface area contributed by atoms with Crippen LogP contribution in [0.2, 0.25) is 0 Å². The SMILES string of the molecule is CCc1ccsc1C(Br)Cc1ccc(C)cn1. The molecule has 0 bridgehead atoms. The normalized spacial score (nSPS) is 12.6.